The zero-order valence-corrected chi connectivity index (χ0v) is 11.3. The monoisotopic (exact) mass is 297 g/mol. The Kier molecular flexibility index (Phi) is 3.90. The summed E-state index contributed by atoms with van der Waals surface area (Å²) in [6.07, 6.45) is 1.95. The number of nitrogens with one attached hydrogen (secondary N) is 1. The standard InChI is InChI=1S/C11H12BrN3S/c1-2-3-10-14-9(12)6-11(15-10)13-8-4-5-16-7-8/h4-7H,2-3H2,1H3,(H,13,14,15). The number of rotatable bonds is 4. The molecule has 3 nitrogen and oxygen atoms in total. The van der Waals surface area contributed by atoms with Gasteiger partial charge in [-0.1, -0.05) is 6.92 Å². The van der Waals surface area contributed by atoms with Gasteiger partial charge in [0.15, 0.2) is 0 Å². The molecule has 0 aliphatic rings. The second-order valence-electron chi connectivity index (χ2n) is 3.38. The van der Waals surface area contributed by atoms with Crippen molar-refractivity contribution in [3.05, 3.63) is 33.3 Å². The van der Waals surface area contributed by atoms with Gasteiger partial charge in [0.1, 0.15) is 16.2 Å². The molecular weight excluding hydrogens is 286 g/mol. The number of halogens is 1. The highest BCUT2D eigenvalue weighted by atomic mass is 79.9. The summed E-state index contributed by atoms with van der Waals surface area (Å²) in [7, 11) is 0. The lowest BCUT2D eigenvalue weighted by Crippen LogP contribution is -1.99. The lowest BCUT2D eigenvalue weighted by Gasteiger charge is -2.05. The lowest BCUT2D eigenvalue weighted by atomic mass is 10.3. The van der Waals surface area contributed by atoms with E-state index in [1.54, 1.807) is 11.3 Å². The van der Waals surface area contributed by atoms with E-state index in [2.05, 4.69) is 43.5 Å². The fraction of sp³-hybridized carbons (Fsp3) is 0.273. The molecule has 0 aliphatic carbocycles. The Balaban J connectivity index is 2.20. The van der Waals surface area contributed by atoms with E-state index in [9.17, 15) is 0 Å². The molecule has 0 aromatic carbocycles. The first-order valence-corrected chi connectivity index (χ1v) is 6.84. The van der Waals surface area contributed by atoms with E-state index in [0.29, 0.717) is 0 Å². The molecule has 0 radical (unpaired) electrons. The number of aromatic nitrogens is 2. The van der Waals surface area contributed by atoms with Crippen molar-refractivity contribution < 1.29 is 0 Å². The Bertz CT molecular complexity index is 456. The van der Waals surface area contributed by atoms with E-state index in [4.69, 9.17) is 0 Å². The van der Waals surface area contributed by atoms with Crippen LogP contribution < -0.4 is 5.32 Å². The lowest BCUT2D eigenvalue weighted by molar-refractivity contribution is 0.831. The molecule has 2 rings (SSSR count). The normalized spacial score (nSPS) is 10.4. The maximum Gasteiger partial charge on any atom is 0.135 e. The summed E-state index contributed by atoms with van der Waals surface area (Å²) in [5, 5.41) is 7.34. The zero-order valence-electron chi connectivity index (χ0n) is 8.90. The van der Waals surface area contributed by atoms with E-state index >= 15 is 0 Å². The third kappa shape index (κ3) is 3.02. The van der Waals surface area contributed by atoms with Gasteiger partial charge in [0.2, 0.25) is 0 Å². The predicted octanol–water partition coefficient (Wildman–Crippen LogP) is 4.00. The molecular formula is C11H12BrN3S. The minimum Gasteiger partial charge on any atom is -0.339 e. The van der Waals surface area contributed by atoms with Crippen molar-refractivity contribution in [2.45, 2.75) is 19.8 Å². The summed E-state index contributed by atoms with van der Waals surface area (Å²) >= 11 is 5.06. The Hall–Kier alpha value is -0.940. The van der Waals surface area contributed by atoms with Crippen LogP contribution in [0.4, 0.5) is 11.5 Å². The molecule has 1 N–H and O–H groups in total. The number of thiophene rings is 1. The Morgan fingerprint density at radius 3 is 3.00 bits per heavy atom. The molecule has 5 heteroatoms. The SMILES string of the molecule is CCCc1nc(Br)cc(Nc2ccsc2)n1. The molecule has 0 atom stereocenters. The molecule has 0 bridgehead atoms. The smallest absolute Gasteiger partial charge is 0.135 e. The minimum absolute atomic E-state index is 0.823. The van der Waals surface area contributed by atoms with Crippen LogP contribution in [-0.4, -0.2) is 9.97 Å². The van der Waals surface area contributed by atoms with Gasteiger partial charge in [0.05, 0.1) is 5.69 Å². The third-order valence-electron chi connectivity index (χ3n) is 2.01. The molecule has 2 aromatic heterocycles. The molecule has 0 amide bonds. The fourth-order valence-electron chi connectivity index (χ4n) is 1.35. The number of hydrogen-bond donors (Lipinski definition) is 1. The molecule has 84 valence electrons. The number of anilines is 2. The molecule has 0 spiro atoms. The summed E-state index contributed by atoms with van der Waals surface area (Å²) in [6.45, 7) is 2.12. The van der Waals surface area contributed by atoms with Crippen LogP contribution in [0.3, 0.4) is 0 Å². The number of hydrogen-bond acceptors (Lipinski definition) is 4. The van der Waals surface area contributed by atoms with Gasteiger partial charge < -0.3 is 5.32 Å². The molecule has 0 unspecified atom stereocenters. The van der Waals surface area contributed by atoms with Crippen molar-refractivity contribution in [2.75, 3.05) is 5.32 Å². The van der Waals surface area contributed by atoms with Crippen molar-refractivity contribution in [1.29, 1.82) is 0 Å². The van der Waals surface area contributed by atoms with E-state index in [-0.39, 0.29) is 0 Å². The van der Waals surface area contributed by atoms with E-state index in [0.717, 1.165) is 34.8 Å². The molecule has 0 saturated carbocycles. The third-order valence-corrected chi connectivity index (χ3v) is 3.10. The molecule has 2 aromatic rings. The van der Waals surface area contributed by atoms with Crippen LogP contribution in [0.25, 0.3) is 0 Å². The van der Waals surface area contributed by atoms with Gasteiger partial charge in [-0.2, -0.15) is 11.3 Å². The Morgan fingerprint density at radius 2 is 2.31 bits per heavy atom. The average Bonchev–Trinajstić information content (AvgIpc) is 2.70. The van der Waals surface area contributed by atoms with Gasteiger partial charge in [0, 0.05) is 17.9 Å². The second-order valence-corrected chi connectivity index (χ2v) is 4.97. The summed E-state index contributed by atoms with van der Waals surface area (Å²) in [5.41, 5.74) is 1.07. The van der Waals surface area contributed by atoms with Crippen LogP contribution in [0.1, 0.15) is 19.2 Å². The highest BCUT2D eigenvalue weighted by molar-refractivity contribution is 9.10. The summed E-state index contributed by atoms with van der Waals surface area (Å²) in [5.74, 6) is 1.71. The highest BCUT2D eigenvalue weighted by Crippen LogP contribution is 2.20. The van der Waals surface area contributed by atoms with Crippen LogP contribution in [0.15, 0.2) is 27.5 Å². The van der Waals surface area contributed by atoms with Crippen LogP contribution in [0.5, 0.6) is 0 Å². The van der Waals surface area contributed by atoms with Gasteiger partial charge in [-0.05, 0) is 33.8 Å². The number of nitrogens with zero attached hydrogens (tertiary/aromatic N) is 2. The molecule has 16 heavy (non-hydrogen) atoms. The molecule has 0 saturated heterocycles. The topological polar surface area (TPSA) is 37.8 Å². The molecule has 0 fully saturated rings. The first kappa shape index (κ1) is 11.5. The highest BCUT2D eigenvalue weighted by Gasteiger charge is 2.03. The van der Waals surface area contributed by atoms with Crippen molar-refractivity contribution in [3.8, 4) is 0 Å². The fourth-order valence-corrected chi connectivity index (χ4v) is 2.36. The first-order chi connectivity index (χ1) is 7.78. The average molecular weight is 298 g/mol. The van der Waals surface area contributed by atoms with Crippen LogP contribution in [0.2, 0.25) is 0 Å². The number of aryl methyl sites for hydroxylation is 1. The van der Waals surface area contributed by atoms with Gasteiger partial charge in [-0.15, -0.1) is 0 Å². The first-order valence-electron chi connectivity index (χ1n) is 5.10. The maximum atomic E-state index is 4.45. The summed E-state index contributed by atoms with van der Waals surface area (Å²) < 4.78 is 0.823. The predicted molar refractivity (Wildman–Crippen MR) is 71.3 cm³/mol. The molecule has 0 aliphatic heterocycles. The summed E-state index contributed by atoms with van der Waals surface area (Å²) in [4.78, 5) is 8.77. The molecule has 2 heterocycles. The summed E-state index contributed by atoms with van der Waals surface area (Å²) in [6, 6.07) is 3.91. The van der Waals surface area contributed by atoms with Gasteiger partial charge in [-0.3, -0.25) is 0 Å². The van der Waals surface area contributed by atoms with Gasteiger partial charge >= 0.3 is 0 Å². The Morgan fingerprint density at radius 1 is 1.44 bits per heavy atom. The van der Waals surface area contributed by atoms with Crippen LogP contribution in [0, 0.1) is 0 Å². The van der Waals surface area contributed by atoms with E-state index < -0.39 is 0 Å². The Labute approximate surface area is 107 Å². The van der Waals surface area contributed by atoms with Crippen LogP contribution in [-0.2, 0) is 6.42 Å². The largest absolute Gasteiger partial charge is 0.339 e. The van der Waals surface area contributed by atoms with Crippen molar-refractivity contribution in [3.63, 3.8) is 0 Å². The quantitative estimate of drug-likeness (QED) is 0.867. The second kappa shape index (κ2) is 5.41. The van der Waals surface area contributed by atoms with Crippen molar-refractivity contribution in [2.24, 2.45) is 0 Å². The van der Waals surface area contributed by atoms with Gasteiger partial charge in [-0.25, -0.2) is 9.97 Å². The van der Waals surface area contributed by atoms with Crippen molar-refractivity contribution >= 4 is 38.8 Å². The maximum absolute atomic E-state index is 4.45. The van der Waals surface area contributed by atoms with Crippen LogP contribution >= 0.6 is 27.3 Å². The minimum atomic E-state index is 0.823. The van der Waals surface area contributed by atoms with Gasteiger partial charge in [0.25, 0.3) is 0 Å². The van der Waals surface area contributed by atoms with Crippen molar-refractivity contribution in [1.82, 2.24) is 9.97 Å². The van der Waals surface area contributed by atoms with E-state index in [1.165, 1.54) is 0 Å². The zero-order chi connectivity index (χ0) is 11.4. The van der Waals surface area contributed by atoms with E-state index in [1.807, 2.05) is 17.5 Å².